The minimum Gasteiger partial charge on any atom is -0.507 e. The van der Waals surface area contributed by atoms with E-state index in [4.69, 9.17) is 14.6 Å². The summed E-state index contributed by atoms with van der Waals surface area (Å²) in [5.41, 5.74) is 0.676. The largest absolute Gasteiger partial charge is 0.507 e. The fourth-order valence-corrected chi connectivity index (χ4v) is 2.85. The topological polar surface area (TPSA) is 76.0 Å². The van der Waals surface area contributed by atoms with Gasteiger partial charge in [-0.15, -0.1) is 0 Å². The molecule has 2 aromatic carbocycles. The minimum absolute atomic E-state index is 0.0395. The monoisotopic (exact) mass is 346 g/mol. The number of aromatic hydroxyl groups is 1. The molecule has 0 radical (unpaired) electrons. The van der Waals surface area contributed by atoms with E-state index >= 15 is 0 Å². The summed E-state index contributed by atoms with van der Waals surface area (Å²) in [7, 11) is 0. The third-order valence-electron chi connectivity index (χ3n) is 4.29. The number of phenolic OH excluding ortho intramolecular Hbond substituents is 1. The van der Waals surface area contributed by atoms with Crippen molar-refractivity contribution in [1.82, 2.24) is 0 Å². The van der Waals surface area contributed by atoms with Crippen LogP contribution in [0.2, 0.25) is 0 Å². The minimum atomic E-state index is -1.14. The molecular formula is C19H19FO5. The molecule has 0 aliphatic carbocycles. The van der Waals surface area contributed by atoms with E-state index in [1.807, 2.05) is 0 Å². The van der Waals surface area contributed by atoms with Crippen LogP contribution >= 0.6 is 0 Å². The van der Waals surface area contributed by atoms with Crippen molar-refractivity contribution < 1.29 is 28.9 Å². The second-order valence-corrected chi connectivity index (χ2v) is 6.04. The van der Waals surface area contributed by atoms with Crippen LogP contribution in [0, 0.1) is 11.7 Å². The molecular weight excluding hydrogens is 327 g/mol. The molecule has 25 heavy (non-hydrogen) atoms. The number of carbonyl (C=O) groups is 1. The number of carboxylic acid groups (broad SMARTS) is 1. The van der Waals surface area contributed by atoms with Crippen LogP contribution in [0.3, 0.4) is 0 Å². The Kier molecular flexibility index (Phi) is 5.19. The Morgan fingerprint density at radius 3 is 2.60 bits per heavy atom. The van der Waals surface area contributed by atoms with Crippen molar-refractivity contribution in [2.45, 2.75) is 12.8 Å². The third kappa shape index (κ3) is 4.09. The molecule has 0 aromatic heterocycles. The van der Waals surface area contributed by atoms with Crippen LogP contribution in [0.25, 0.3) is 11.1 Å². The molecule has 6 heteroatoms. The van der Waals surface area contributed by atoms with Gasteiger partial charge >= 0.3 is 5.97 Å². The Bertz CT molecular complexity index is 768. The van der Waals surface area contributed by atoms with Crippen LogP contribution in [-0.2, 0) is 4.74 Å². The summed E-state index contributed by atoms with van der Waals surface area (Å²) in [6, 6.07) is 8.05. The van der Waals surface area contributed by atoms with E-state index in [1.54, 1.807) is 0 Å². The van der Waals surface area contributed by atoms with Gasteiger partial charge in [0.1, 0.15) is 17.3 Å². The molecule has 5 nitrogen and oxygen atoms in total. The predicted molar refractivity (Wildman–Crippen MR) is 89.5 cm³/mol. The Balaban J connectivity index is 1.87. The van der Waals surface area contributed by atoms with Crippen molar-refractivity contribution >= 4 is 5.97 Å². The van der Waals surface area contributed by atoms with Gasteiger partial charge in [0.15, 0.2) is 0 Å². The lowest BCUT2D eigenvalue weighted by Gasteiger charge is -2.23. The summed E-state index contributed by atoms with van der Waals surface area (Å²) in [6.45, 7) is 1.90. The van der Waals surface area contributed by atoms with Crippen LogP contribution in [-0.4, -0.2) is 36.0 Å². The van der Waals surface area contributed by atoms with Crippen molar-refractivity contribution in [1.29, 1.82) is 0 Å². The fourth-order valence-electron chi connectivity index (χ4n) is 2.85. The standard InChI is InChI=1S/C19H19FO5/c20-14-2-4-18(25-11-12-5-7-24-8-6-12)16(10-14)15-3-1-13(19(22)23)9-17(15)21/h1-4,9-10,12,21H,5-8,11H2,(H,22,23). The zero-order valence-corrected chi connectivity index (χ0v) is 13.6. The Hall–Kier alpha value is -2.60. The summed E-state index contributed by atoms with van der Waals surface area (Å²) in [6.07, 6.45) is 1.82. The second-order valence-electron chi connectivity index (χ2n) is 6.04. The van der Waals surface area contributed by atoms with Gasteiger partial charge in [-0.2, -0.15) is 0 Å². The van der Waals surface area contributed by atoms with E-state index in [9.17, 15) is 14.3 Å². The molecule has 0 amide bonds. The zero-order valence-electron chi connectivity index (χ0n) is 13.6. The van der Waals surface area contributed by atoms with E-state index in [0.717, 1.165) is 18.9 Å². The molecule has 1 aliphatic rings. The van der Waals surface area contributed by atoms with Crippen LogP contribution < -0.4 is 4.74 Å². The molecule has 1 heterocycles. The molecule has 0 spiro atoms. The summed E-state index contributed by atoms with van der Waals surface area (Å²) in [4.78, 5) is 11.0. The van der Waals surface area contributed by atoms with Crippen LogP contribution in [0.15, 0.2) is 36.4 Å². The lowest BCUT2D eigenvalue weighted by molar-refractivity contribution is 0.0498. The van der Waals surface area contributed by atoms with Crippen LogP contribution in [0.1, 0.15) is 23.2 Å². The normalized spacial score (nSPS) is 15.1. The highest BCUT2D eigenvalue weighted by Gasteiger charge is 2.18. The van der Waals surface area contributed by atoms with E-state index in [1.165, 1.54) is 30.3 Å². The predicted octanol–water partition coefficient (Wildman–Crippen LogP) is 3.70. The van der Waals surface area contributed by atoms with Gasteiger partial charge in [-0.25, -0.2) is 9.18 Å². The van der Waals surface area contributed by atoms with Gasteiger partial charge in [-0.05, 0) is 55.2 Å². The van der Waals surface area contributed by atoms with Crippen molar-refractivity contribution in [3.05, 3.63) is 47.8 Å². The van der Waals surface area contributed by atoms with Gasteiger partial charge in [0.25, 0.3) is 0 Å². The maximum Gasteiger partial charge on any atom is 0.335 e. The number of carboxylic acids is 1. The van der Waals surface area contributed by atoms with Gasteiger partial charge in [0.05, 0.1) is 12.2 Å². The first-order valence-electron chi connectivity index (χ1n) is 8.11. The quantitative estimate of drug-likeness (QED) is 0.863. The van der Waals surface area contributed by atoms with E-state index in [2.05, 4.69) is 0 Å². The number of halogens is 1. The highest BCUT2D eigenvalue weighted by molar-refractivity contribution is 5.90. The first kappa shape index (κ1) is 17.2. The fraction of sp³-hybridized carbons (Fsp3) is 0.316. The maximum atomic E-state index is 13.7. The zero-order chi connectivity index (χ0) is 17.8. The lowest BCUT2D eigenvalue weighted by atomic mass is 10.0. The van der Waals surface area contributed by atoms with Gasteiger partial charge < -0.3 is 19.7 Å². The molecule has 1 aliphatic heterocycles. The summed E-state index contributed by atoms with van der Waals surface area (Å²) >= 11 is 0. The summed E-state index contributed by atoms with van der Waals surface area (Å²) in [5.74, 6) is -1.02. The van der Waals surface area contributed by atoms with E-state index in [0.29, 0.717) is 42.6 Å². The number of hydrogen-bond acceptors (Lipinski definition) is 4. The number of ether oxygens (including phenoxy) is 2. The van der Waals surface area contributed by atoms with Crippen LogP contribution in [0.5, 0.6) is 11.5 Å². The Morgan fingerprint density at radius 2 is 1.92 bits per heavy atom. The smallest absolute Gasteiger partial charge is 0.335 e. The summed E-state index contributed by atoms with van der Waals surface area (Å²) in [5, 5.41) is 19.2. The molecule has 0 bridgehead atoms. The van der Waals surface area contributed by atoms with Crippen molar-refractivity contribution in [3.63, 3.8) is 0 Å². The molecule has 0 atom stereocenters. The summed E-state index contributed by atoms with van der Waals surface area (Å²) < 4.78 is 24.9. The molecule has 3 rings (SSSR count). The number of hydrogen-bond donors (Lipinski definition) is 2. The first-order chi connectivity index (χ1) is 12.0. The van der Waals surface area contributed by atoms with Crippen molar-refractivity contribution in [2.24, 2.45) is 5.92 Å². The number of benzene rings is 2. The molecule has 1 saturated heterocycles. The maximum absolute atomic E-state index is 13.7. The Labute approximate surface area is 144 Å². The van der Waals surface area contributed by atoms with E-state index in [-0.39, 0.29) is 11.3 Å². The third-order valence-corrected chi connectivity index (χ3v) is 4.29. The second kappa shape index (κ2) is 7.53. The van der Waals surface area contributed by atoms with Crippen molar-refractivity contribution in [3.8, 4) is 22.6 Å². The SMILES string of the molecule is O=C(O)c1ccc(-c2cc(F)ccc2OCC2CCOCC2)c(O)c1. The van der Waals surface area contributed by atoms with Gasteiger partial charge in [-0.1, -0.05) is 0 Å². The highest BCUT2D eigenvalue weighted by atomic mass is 19.1. The van der Waals surface area contributed by atoms with Crippen LogP contribution in [0.4, 0.5) is 4.39 Å². The molecule has 2 N–H and O–H groups in total. The van der Waals surface area contributed by atoms with Gasteiger partial charge in [-0.3, -0.25) is 0 Å². The highest BCUT2D eigenvalue weighted by Crippen LogP contribution is 2.37. The van der Waals surface area contributed by atoms with Crippen molar-refractivity contribution in [2.75, 3.05) is 19.8 Å². The molecule has 1 fully saturated rings. The number of rotatable bonds is 5. The lowest BCUT2D eigenvalue weighted by Crippen LogP contribution is -2.21. The molecule has 0 unspecified atom stereocenters. The Morgan fingerprint density at radius 1 is 1.16 bits per heavy atom. The average Bonchev–Trinajstić information content (AvgIpc) is 2.61. The number of phenols is 1. The van der Waals surface area contributed by atoms with Gasteiger partial charge in [0.2, 0.25) is 0 Å². The first-order valence-corrected chi connectivity index (χ1v) is 8.11. The number of aromatic carboxylic acids is 1. The van der Waals surface area contributed by atoms with Gasteiger partial charge in [0, 0.05) is 24.3 Å². The molecule has 0 saturated carbocycles. The van der Waals surface area contributed by atoms with E-state index < -0.39 is 11.8 Å². The molecule has 132 valence electrons. The molecule has 2 aromatic rings. The average molecular weight is 346 g/mol.